The van der Waals surface area contributed by atoms with Gasteiger partial charge in [-0.3, -0.25) is 4.79 Å². The van der Waals surface area contributed by atoms with Crippen LogP contribution in [-0.2, 0) is 9.53 Å². The van der Waals surface area contributed by atoms with E-state index in [-0.39, 0.29) is 11.5 Å². The Hall–Kier alpha value is -1.30. The van der Waals surface area contributed by atoms with Crippen molar-refractivity contribution in [3.05, 3.63) is 0 Å². The summed E-state index contributed by atoms with van der Waals surface area (Å²) in [7, 11) is 0. The Bertz CT molecular complexity index is 445. The van der Waals surface area contributed by atoms with E-state index in [1.807, 2.05) is 27.7 Å². The third-order valence-electron chi connectivity index (χ3n) is 4.92. The third-order valence-corrected chi connectivity index (χ3v) is 4.92. The molecule has 0 aromatic carbocycles. The molecular weight excluding hydrogens is 272 g/mol. The maximum Gasteiger partial charge on any atom is 0.410 e. The number of carbonyl (C=O) groups excluding carboxylic acids is 1. The molecule has 2 saturated heterocycles. The summed E-state index contributed by atoms with van der Waals surface area (Å²) >= 11 is 0. The van der Waals surface area contributed by atoms with Gasteiger partial charge >= 0.3 is 12.1 Å². The lowest BCUT2D eigenvalue weighted by atomic mass is 9.63. The van der Waals surface area contributed by atoms with Gasteiger partial charge in [-0.15, -0.1) is 0 Å². The summed E-state index contributed by atoms with van der Waals surface area (Å²) in [5.41, 5.74) is -1.70. The van der Waals surface area contributed by atoms with Gasteiger partial charge in [0.25, 0.3) is 0 Å². The normalized spacial score (nSPS) is 32.7. The first-order valence-electron chi connectivity index (χ1n) is 7.58. The molecule has 21 heavy (non-hydrogen) atoms. The van der Waals surface area contributed by atoms with Gasteiger partial charge in [-0.2, -0.15) is 0 Å². The van der Waals surface area contributed by atoms with Crippen LogP contribution in [0.2, 0.25) is 0 Å². The molecule has 2 heterocycles. The molecular formula is C15H26N2O4. The molecule has 120 valence electrons. The van der Waals surface area contributed by atoms with E-state index in [0.717, 1.165) is 0 Å². The quantitative estimate of drug-likeness (QED) is 0.811. The van der Waals surface area contributed by atoms with Crippen LogP contribution in [0.1, 0.15) is 40.5 Å². The van der Waals surface area contributed by atoms with Gasteiger partial charge in [-0.25, -0.2) is 4.79 Å². The molecule has 0 aliphatic carbocycles. The minimum atomic E-state index is -0.788. The van der Waals surface area contributed by atoms with Crippen molar-refractivity contribution in [1.29, 1.82) is 0 Å². The topological polar surface area (TPSA) is 78.9 Å². The zero-order valence-corrected chi connectivity index (χ0v) is 13.4. The number of hydrogen-bond donors (Lipinski definition) is 2. The van der Waals surface area contributed by atoms with Crippen molar-refractivity contribution < 1.29 is 19.4 Å². The number of nitrogens with one attached hydrogen (secondary N) is 1. The smallest absolute Gasteiger partial charge is 0.410 e. The standard InChI is InChI=1S/C15H26N2O4/c1-5-15(11(18)19)9-16-8-14(15)6-7-17(10-14)12(20)21-13(2,3)4/h16H,5-10H2,1-4H3,(H,18,19)/t14-,15-/m1/s1. The first kappa shape index (κ1) is 16.1. The lowest BCUT2D eigenvalue weighted by Gasteiger charge is -2.38. The molecule has 0 bridgehead atoms. The van der Waals surface area contributed by atoms with Gasteiger partial charge in [-0.05, 0) is 33.6 Å². The molecule has 2 aliphatic rings. The predicted molar refractivity (Wildman–Crippen MR) is 78.1 cm³/mol. The van der Waals surface area contributed by atoms with E-state index in [9.17, 15) is 14.7 Å². The lowest BCUT2D eigenvalue weighted by molar-refractivity contribution is -0.154. The number of hydrogen-bond acceptors (Lipinski definition) is 4. The van der Waals surface area contributed by atoms with Crippen molar-refractivity contribution in [2.75, 3.05) is 26.2 Å². The van der Waals surface area contributed by atoms with Crippen molar-refractivity contribution in [1.82, 2.24) is 10.2 Å². The van der Waals surface area contributed by atoms with E-state index < -0.39 is 17.0 Å². The van der Waals surface area contributed by atoms with Crippen LogP contribution in [0.4, 0.5) is 4.79 Å². The second-order valence-electron chi connectivity index (χ2n) is 7.28. The van der Waals surface area contributed by atoms with Crippen LogP contribution in [0.15, 0.2) is 0 Å². The van der Waals surface area contributed by atoms with Crippen molar-refractivity contribution in [3.8, 4) is 0 Å². The number of likely N-dealkylation sites (tertiary alicyclic amines) is 1. The highest BCUT2D eigenvalue weighted by atomic mass is 16.6. The first-order chi connectivity index (χ1) is 9.66. The second-order valence-corrected chi connectivity index (χ2v) is 7.28. The zero-order chi connectivity index (χ0) is 15.9. The maximum atomic E-state index is 12.2. The highest BCUT2D eigenvalue weighted by Crippen LogP contribution is 2.51. The number of ether oxygens (including phenoxy) is 1. The van der Waals surface area contributed by atoms with E-state index in [1.54, 1.807) is 4.90 Å². The number of carbonyl (C=O) groups is 2. The van der Waals surface area contributed by atoms with Gasteiger partial charge in [0.05, 0.1) is 5.41 Å². The number of amides is 1. The summed E-state index contributed by atoms with van der Waals surface area (Å²) in [4.78, 5) is 25.7. The minimum Gasteiger partial charge on any atom is -0.481 e. The first-order valence-corrected chi connectivity index (χ1v) is 7.58. The predicted octanol–water partition coefficient (Wildman–Crippen LogP) is 1.70. The summed E-state index contributed by atoms with van der Waals surface area (Å²) in [6.07, 6.45) is 0.929. The molecule has 0 aromatic heterocycles. The van der Waals surface area contributed by atoms with E-state index >= 15 is 0 Å². The molecule has 2 aliphatic heterocycles. The fraction of sp³-hybridized carbons (Fsp3) is 0.867. The SMILES string of the molecule is CC[C@]1(C(=O)O)CNC[C@@]12CCN(C(=O)OC(C)(C)C)C2. The van der Waals surface area contributed by atoms with Crippen LogP contribution >= 0.6 is 0 Å². The van der Waals surface area contributed by atoms with E-state index in [1.165, 1.54) is 0 Å². The zero-order valence-electron chi connectivity index (χ0n) is 13.4. The van der Waals surface area contributed by atoms with Crippen LogP contribution in [0.3, 0.4) is 0 Å². The van der Waals surface area contributed by atoms with Crippen LogP contribution < -0.4 is 5.32 Å². The summed E-state index contributed by atoms with van der Waals surface area (Å²) in [5.74, 6) is -0.763. The van der Waals surface area contributed by atoms with Gasteiger partial charge in [0.15, 0.2) is 0 Å². The number of nitrogens with zero attached hydrogens (tertiary/aromatic N) is 1. The number of rotatable bonds is 2. The van der Waals surface area contributed by atoms with Gasteiger partial charge in [0, 0.05) is 31.6 Å². The van der Waals surface area contributed by atoms with Crippen LogP contribution in [0.25, 0.3) is 0 Å². The summed E-state index contributed by atoms with van der Waals surface area (Å²) in [5, 5.41) is 13.0. The molecule has 2 atom stereocenters. The van der Waals surface area contributed by atoms with Crippen LogP contribution in [0, 0.1) is 10.8 Å². The van der Waals surface area contributed by atoms with Gasteiger partial charge in [0.1, 0.15) is 5.60 Å². The third kappa shape index (κ3) is 2.61. The molecule has 6 heteroatoms. The molecule has 0 radical (unpaired) electrons. The van der Waals surface area contributed by atoms with E-state index in [2.05, 4.69) is 5.32 Å². The van der Waals surface area contributed by atoms with Gasteiger partial charge in [0.2, 0.25) is 0 Å². The monoisotopic (exact) mass is 298 g/mol. The highest BCUT2D eigenvalue weighted by molar-refractivity contribution is 5.77. The Morgan fingerprint density at radius 3 is 2.52 bits per heavy atom. The molecule has 1 spiro atoms. The fourth-order valence-corrected chi connectivity index (χ4v) is 3.72. The minimum absolute atomic E-state index is 0.346. The molecule has 1 amide bonds. The molecule has 0 unspecified atom stereocenters. The van der Waals surface area contributed by atoms with E-state index in [0.29, 0.717) is 39.0 Å². The molecule has 2 N–H and O–H groups in total. The Labute approximate surface area is 125 Å². The maximum absolute atomic E-state index is 12.2. The average Bonchev–Trinajstić information content (AvgIpc) is 2.93. The molecule has 6 nitrogen and oxygen atoms in total. The molecule has 0 aromatic rings. The largest absolute Gasteiger partial charge is 0.481 e. The highest BCUT2D eigenvalue weighted by Gasteiger charge is 2.61. The Morgan fingerprint density at radius 2 is 2.00 bits per heavy atom. The number of carboxylic acid groups (broad SMARTS) is 1. The summed E-state index contributed by atoms with van der Waals surface area (Å²) in [6.45, 7) is 9.55. The van der Waals surface area contributed by atoms with Gasteiger partial charge < -0.3 is 20.1 Å². The Kier molecular flexibility index (Phi) is 3.95. The molecule has 2 fully saturated rings. The number of carboxylic acids is 1. The summed E-state index contributed by atoms with van der Waals surface area (Å²) < 4.78 is 5.41. The van der Waals surface area contributed by atoms with Crippen molar-refractivity contribution in [3.63, 3.8) is 0 Å². The Balaban J connectivity index is 2.17. The van der Waals surface area contributed by atoms with E-state index in [4.69, 9.17) is 4.74 Å². The van der Waals surface area contributed by atoms with Gasteiger partial charge in [-0.1, -0.05) is 6.92 Å². The molecule has 0 saturated carbocycles. The van der Waals surface area contributed by atoms with Crippen molar-refractivity contribution >= 4 is 12.1 Å². The van der Waals surface area contributed by atoms with Crippen molar-refractivity contribution in [2.24, 2.45) is 10.8 Å². The average molecular weight is 298 g/mol. The van der Waals surface area contributed by atoms with Crippen LogP contribution in [-0.4, -0.2) is 53.8 Å². The summed E-state index contributed by atoms with van der Waals surface area (Å²) in [6, 6.07) is 0. The van der Waals surface area contributed by atoms with Crippen molar-refractivity contribution in [2.45, 2.75) is 46.1 Å². The van der Waals surface area contributed by atoms with Crippen LogP contribution in [0.5, 0.6) is 0 Å². The fourth-order valence-electron chi connectivity index (χ4n) is 3.72. The Morgan fingerprint density at radius 1 is 1.33 bits per heavy atom. The second kappa shape index (κ2) is 5.16. The molecule has 2 rings (SSSR count). The number of aliphatic carboxylic acids is 1. The lowest BCUT2D eigenvalue weighted by Crippen LogP contribution is -2.49.